The monoisotopic (exact) mass is 271 g/mol. The van der Waals surface area contributed by atoms with Gasteiger partial charge in [0.25, 0.3) is 0 Å². The standard InChI is InChI=1S/C10H14BrN3O/c1-12-10-8(11)6-13-9(14-10)5-7-3-2-4-15-7/h6-7H,2-5H2,1H3,(H,12,13,14). The van der Waals surface area contributed by atoms with Crippen LogP contribution in [0.3, 0.4) is 0 Å². The van der Waals surface area contributed by atoms with Crippen molar-refractivity contribution < 1.29 is 4.74 Å². The van der Waals surface area contributed by atoms with E-state index in [-0.39, 0.29) is 0 Å². The number of rotatable bonds is 3. The van der Waals surface area contributed by atoms with Crippen LogP contribution in [0.25, 0.3) is 0 Å². The summed E-state index contributed by atoms with van der Waals surface area (Å²) in [6.45, 7) is 0.875. The van der Waals surface area contributed by atoms with E-state index in [4.69, 9.17) is 4.74 Å². The van der Waals surface area contributed by atoms with Gasteiger partial charge in [0.1, 0.15) is 11.6 Å². The summed E-state index contributed by atoms with van der Waals surface area (Å²) in [5.41, 5.74) is 0. The van der Waals surface area contributed by atoms with Crippen LogP contribution in [0.2, 0.25) is 0 Å². The highest BCUT2D eigenvalue weighted by Gasteiger charge is 2.17. The van der Waals surface area contributed by atoms with Crippen molar-refractivity contribution in [2.75, 3.05) is 19.0 Å². The van der Waals surface area contributed by atoms with Gasteiger partial charge in [-0.3, -0.25) is 0 Å². The van der Waals surface area contributed by atoms with Crippen LogP contribution in [0, 0.1) is 0 Å². The summed E-state index contributed by atoms with van der Waals surface area (Å²) in [5, 5.41) is 3.02. The van der Waals surface area contributed by atoms with Crippen molar-refractivity contribution >= 4 is 21.7 Å². The molecule has 1 aromatic heterocycles. The van der Waals surface area contributed by atoms with Crippen molar-refractivity contribution in [3.63, 3.8) is 0 Å². The lowest BCUT2D eigenvalue weighted by molar-refractivity contribution is 0.110. The molecule has 4 nitrogen and oxygen atoms in total. The Balaban J connectivity index is 2.07. The molecule has 1 saturated heterocycles. The summed E-state index contributed by atoms with van der Waals surface area (Å²) in [6, 6.07) is 0. The first-order valence-electron chi connectivity index (χ1n) is 5.10. The lowest BCUT2D eigenvalue weighted by Crippen LogP contribution is -2.12. The number of hydrogen-bond donors (Lipinski definition) is 1. The van der Waals surface area contributed by atoms with Crippen LogP contribution in [0.4, 0.5) is 5.82 Å². The van der Waals surface area contributed by atoms with Crippen molar-refractivity contribution in [1.82, 2.24) is 9.97 Å². The smallest absolute Gasteiger partial charge is 0.143 e. The Bertz CT molecular complexity index is 339. The van der Waals surface area contributed by atoms with Crippen molar-refractivity contribution in [1.29, 1.82) is 0 Å². The minimum atomic E-state index is 0.302. The Labute approximate surface area is 97.6 Å². The van der Waals surface area contributed by atoms with E-state index in [1.165, 1.54) is 0 Å². The first kappa shape index (κ1) is 10.8. The van der Waals surface area contributed by atoms with Gasteiger partial charge in [-0.25, -0.2) is 9.97 Å². The average Bonchev–Trinajstić information content (AvgIpc) is 2.73. The minimum absolute atomic E-state index is 0.302. The zero-order chi connectivity index (χ0) is 10.7. The van der Waals surface area contributed by atoms with Crippen LogP contribution in [0.1, 0.15) is 18.7 Å². The lowest BCUT2D eigenvalue weighted by atomic mass is 10.2. The van der Waals surface area contributed by atoms with Crippen LogP contribution in [0.5, 0.6) is 0 Å². The van der Waals surface area contributed by atoms with E-state index in [1.807, 2.05) is 7.05 Å². The second-order valence-electron chi connectivity index (χ2n) is 3.57. The molecule has 0 spiro atoms. The van der Waals surface area contributed by atoms with Gasteiger partial charge >= 0.3 is 0 Å². The average molecular weight is 272 g/mol. The van der Waals surface area contributed by atoms with E-state index in [2.05, 4.69) is 31.2 Å². The van der Waals surface area contributed by atoms with E-state index >= 15 is 0 Å². The van der Waals surface area contributed by atoms with Crippen molar-refractivity contribution in [3.05, 3.63) is 16.5 Å². The number of nitrogens with zero attached hydrogens (tertiary/aromatic N) is 2. The largest absolute Gasteiger partial charge is 0.378 e. The third-order valence-electron chi connectivity index (χ3n) is 2.47. The van der Waals surface area contributed by atoms with Gasteiger partial charge in [0.2, 0.25) is 0 Å². The van der Waals surface area contributed by atoms with Gasteiger partial charge in [0.05, 0.1) is 10.6 Å². The fourth-order valence-electron chi connectivity index (χ4n) is 1.69. The van der Waals surface area contributed by atoms with Gasteiger partial charge in [-0.05, 0) is 28.8 Å². The van der Waals surface area contributed by atoms with Crippen molar-refractivity contribution in [2.45, 2.75) is 25.4 Å². The summed E-state index contributed by atoms with van der Waals surface area (Å²) in [6.07, 6.45) is 5.16. The molecule has 2 heterocycles. The zero-order valence-electron chi connectivity index (χ0n) is 8.66. The molecule has 82 valence electrons. The number of ether oxygens (including phenoxy) is 1. The molecule has 15 heavy (non-hydrogen) atoms. The second kappa shape index (κ2) is 4.90. The van der Waals surface area contributed by atoms with Gasteiger partial charge in [-0.1, -0.05) is 0 Å². The third-order valence-corrected chi connectivity index (χ3v) is 3.05. The molecule has 5 heteroatoms. The molecule has 0 radical (unpaired) electrons. The molecule has 1 fully saturated rings. The number of halogens is 1. The molecular formula is C10H14BrN3O. The lowest BCUT2D eigenvalue weighted by Gasteiger charge is -2.09. The predicted octanol–water partition coefficient (Wildman–Crippen LogP) is 2.00. The van der Waals surface area contributed by atoms with E-state index in [0.717, 1.165) is 42.0 Å². The summed E-state index contributed by atoms with van der Waals surface area (Å²) >= 11 is 3.38. The van der Waals surface area contributed by atoms with Gasteiger partial charge in [0.15, 0.2) is 0 Å². The van der Waals surface area contributed by atoms with Crippen LogP contribution in [-0.4, -0.2) is 29.7 Å². The van der Waals surface area contributed by atoms with Gasteiger partial charge < -0.3 is 10.1 Å². The Morgan fingerprint density at radius 2 is 2.53 bits per heavy atom. The summed E-state index contributed by atoms with van der Waals surface area (Å²) in [5.74, 6) is 1.67. The maximum Gasteiger partial charge on any atom is 0.143 e. The summed E-state index contributed by atoms with van der Waals surface area (Å²) < 4.78 is 6.44. The topological polar surface area (TPSA) is 47.0 Å². The maximum atomic E-state index is 5.55. The Hall–Kier alpha value is -0.680. The van der Waals surface area contributed by atoms with E-state index in [0.29, 0.717) is 6.10 Å². The van der Waals surface area contributed by atoms with Crippen LogP contribution in [0.15, 0.2) is 10.7 Å². The van der Waals surface area contributed by atoms with Gasteiger partial charge in [0, 0.05) is 26.3 Å². The highest BCUT2D eigenvalue weighted by atomic mass is 79.9. The molecule has 1 aliphatic rings. The molecule has 1 atom stereocenters. The SMILES string of the molecule is CNc1nc(CC2CCCO2)ncc1Br. The second-order valence-corrected chi connectivity index (χ2v) is 4.43. The normalized spacial score (nSPS) is 20.5. The Morgan fingerprint density at radius 1 is 1.67 bits per heavy atom. The molecule has 1 N–H and O–H groups in total. The first-order chi connectivity index (χ1) is 7.29. The van der Waals surface area contributed by atoms with Gasteiger partial charge in [-0.2, -0.15) is 0 Å². The number of hydrogen-bond acceptors (Lipinski definition) is 4. The van der Waals surface area contributed by atoms with E-state index in [9.17, 15) is 0 Å². The molecule has 2 rings (SSSR count). The maximum absolute atomic E-state index is 5.55. The molecule has 0 amide bonds. The van der Waals surface area contributed by atoms with Crippen LogP contribution in [-0.2, 0) is 11.2 Å². The summed E-state index contributed by atoms with van der Waals surface area (Å²) in [4.78, 5) is 8.68. The van der Waals surface area contributed by atoms with Crippen LogP contribution >= 0.6 is 15.9 Å². The highest BCUT2D eigenvalue weighted by molar-refractivity contribution is 9.10. The quantitative estimate of drug-likeness (QED) is 0.914. The molecule has 0 aromatic carbocycles. The fraction of sp³-hybridized carbons (Fsp3) is 0.600. The molecule has 0 bridgehead atoms. The van der Waals surface area contributed by atoms with Gasteiger partial charge in [-0.15, -0.1) is 0 Å². The molecule has 0 saturated carbocycles. The molecule has 1 unspecified atom stereocenters. The Kier molecular flexibility index (Phi) is 3.53. The highest BCUT2D eigenvalue weighted by Crippen LogP contribution is 2.20. The fourth-order valence-corrected chi connectivity index (χ4v) is 2.08. The minimum Gasteiger partial charge on any atom is -0.378 e. The predicted molar refractivity (Wildman–Crippen MR) is 62.0 cm³/mol. The first-order valence-corrected chi connectivity index (χ1v) is 5.89. The third kappa shape index (κ3) is 2.66. The number of nitrogens with one attached hydrogen (secondary N) is 1. The van der Waals surface area contributed by atoms with E-state index < -0.39 is 0 Å². The van der Waals surface area contributed by atoms with Crippen molar-refractivity contribution in [3.8, 4) is 0 Å². The Morgan fingerprint density at radius 3 is 3.20 bits per heavy atom. The zero-order valence-corrected chi connectivity index (χ0v) is 10.2. The van der Waals surface area contributed by atoms with E-state index in [1.54, 1.807) is 6.20 Å². The number of anilines is 1. The van der Waals surface area contributed by atoms with Crippen LogP contribution < -0.4 is 5.32 Å². The number of aromatic nitrogens is 2. The molecule has 1 aliphatic heterocycles. The molecule has 1 aromatic rings. The molecule has 0 aliphatic carbocycles. The summed E-state index contributed by atoms with van der Waals surface area (Å²) in [7, 11) is 1.85. The molecular weight excluding hydrogens is 258 g/mol. The van der Waals surface area contributed by atoms with Crippen molar-refractivity contribution in [2.24, 2.45) is 0 Å².